The van der Waals surface area contributed by atoms with Gasteiger partial charge in [0.15, 0.2) is 0 Å². The average molecular weight is 755 g/mol. The molecule has 0 atom stereocenters. The van der Waals surface area contributed by atoms with Gasteiger partial charge in [0.1, 0.15) is 0 Å². The third-order valence-corrected chi connectivity index (χ3v) is 14.0. The van der Waals surface area contributed by atoms with Crippen molar-refractivity contribution in [2.24, 2.45) is 0 Å². The van der Waals surface area contributed by atoms with Gasteiger partial charge in [-0.2, -0.15) is 0 Å². The van der Waals surface area contributed by atoms with E-state index in [1.807, 2.05) is 11.3 Å². The fourth-order valence-corrected chi connectivity index (χ4v) is 11.3. The summed E-state index contributed by atoms with van der Waals surface area (Å²) in [5, 5.41) is 10.4. The molecule has 1 heterocycles. The largest absolute Gasteiger partial charge is 0.135 e. The van der Waals surface area contributed by atoms with Crippen molar-refractivity contribution in [3.63, 3.8) is 0 Å². The Bertz CT molecular complexity index is 3400. The Labute approximate surface area is 342 Å². The predicted molar refractivity (Wildman–Crippen MR) is 251 cm³/mol. The first-order valence-electron chi connectivity index (χ1n) is 20.3. The fourth-order valence-electron chi connectivity index (χ4n) is 10.1. The molecule has 0 amide bonds. The van der Waals surface area contributed by atoms with E-state index >= 15 is 0 Å². The summed E-state index contributed by atoms with van der Waals surface area (Å²) in [6.45, 7) is 4.75. The number of fused-ring (bicyclic) bond motifs is 10. The SMILES string of the molecule is CC1(C)c2ccccc2-c2cc3c(cc21)sc1cc(-c2ccc(-c4c5ccccc5c(-c5cccc(-c6ccccc6)c5)c5ccccc45)cc2)c2ccccc2c13. The number of thiophene rings is 1. The molecule has 272 valence electrons. The Hall–Kier alpha value is -6.80. The van der Waals surface area contributed by atoms with E-state index in [0.717, 1.165) is 0 Å². The van der Waals surface area contributed by atoms with E-state index in [-0.39, 0.29) is 5.41 Å². The van der Waals surface area contributed by atoms with Crippen LogP contribution >= 0.6 is 11.3 Å². The highest BCUT2D eigenvalue weighted by Crippen LogP contribution is 2.53. The van der Waals surface area contributed by atoms with Gasteiger partial charge in [-0.25, -0.2) is 0 Å². The Balaban J connectivity index is 1.01. The zero-order chi connectivity index (χ0) is 38.5. The second-order valence-corrected chi connectivity index (χ2v) is 17.5. The molecule has 0 bridgehead atoms. The van der Waals surface area contributed by atoms with E-state index in [2.05, 4.69) is 208 Å². The molecule has 0 nitrogen and oxygen atoms in total. The molecule has 0 saturated carbocycles. The number of hydrogen-bond acceptors (Lipinski definition) is 1. The molecule has 1 aliphatic rings. The van der Waals surface area contributed by atoms with E-state index in [4.69, 9.17) is 0 Å². The molecule has 1 aromatic heterocycles. The summed E-state index contributed by atoms with van der Waals surface area (Å²) in [4.78, 5) is 0. The highest BCUT2D eigenvalue weighted by molar-refractivity contribution is 7.26. The topological polar surface area (TPSA) is 0 Å². The lowest BCUT2D eigenvalue weighted by Crippen LogP contribution is -2.14. The van der Waals surface area contributed by atoms with E-state index in [1.165, 1.54) is 119 Å². The van der Waals surface area contributed by atoms with Crippen molar-refractivity contribution in [1.29, 1.82) is 0 Å². The molecule has 58 heavy (non-hydrogen) atoms. The van der Waals surface area contributed by atoms with E-state index in [9.17, 15) is 0 Å². The van der Waals surface area contributed by atoms with Gasteiger partial charge in [0.2, 0.25) is 0 Å². The van der Waals surface area contributed by atoms with Crippen molar-refractivity contribution in [3.05, 3.63) is 205 Å². The van der Waals surface area contributed by atoms with Gasteiger partial charge >= 0.3 is 0 Å². The van der Waals surface area contributed by atoms with E-state index in [1.54, 1.807) is 0 Å². The molecule has 11 aromatic rings. The minimum Gasteiger partial charge on any atom is -0.135 e. The van der Waals surface area contributed by atoms with Crippen molar-refractivity contribution in [2.45, 2.75) is 19.3 Å². The van der Waals surface area contributed by atoms with Gasteiger partial charge in [0.05, 0.1) is 0 Å². The maximum atomic E-state index is 2.48. The highest BCUT2D eigenvalue weighted by atomic mass is 32.1. The first-order chi connectivity index (χ1) is 28.5. The molecule has 0 aliphatic heterocycles. The van der Waals surface area contributed by atoms with E-state index in [0.29, 0.717) is 0 Å². The summed E-state index contributed by atoms with van der Waals surface area (Å²) in [6.07, 6.45) is 0. The van der Waals surface area contributed by atoms with Crippen LogP contribution in [0.5, 0.6) is 0 Å². The Morgan fingerprint density at radius 2 is 0.862 bits per heavy atom. The van der Waals surface area contributed by atoms with Crippen LogP contribution in [0.4, 0.5) is 0 Å². The lowest BCUT2D eigenvalue weighted by Gasteiger charge is -2.21. The molecule has 0 N–H and O–H groups in total. The zero-order valence-electron chi connectivity index (χ0n) is 32.4. The van der Waals surface area contributed by atoms with Crippen LogP contribution in [-0.4, -0.2) is 0 Å². The van der Waals surface area contributed by atoms with E-state index < -0.39 is 0 Å². The number of benzene rings is 10. The second-order valence-electron chi connectivity index (χ2n) is 16.4. The summed E-state index contributed by atoms with van der Waals surface area (Å²) >= 11 is 1.93. The molecular formula is C57H38S. The van der Waals surface area contributed by atoms with Crippen molar-refractivity contribution in [3.8, 4) is 55.6 Å². The lowest BCUT2D eigenvalue weighted by atomic mass is 9.82. The summed E-state index contributed by atoms with van der Waals surface area (Å²) in [7, 11) is 0. The predicted octanol–water partition coefficient (Wildman–Crippen LogP) is 16.5. The van der Waals surface area contributed by atoms with Crippen LogP contribution in [0, 0.1) is 0 Å². The molecule has 0 spiro atoms. The average Bonchev–Trinajstić information content (AvgIpc) is 3.75. The van der Waals surface area contributed by atoms with Gasteiger partial charge in [-0.1, -0.05) is 184 Å². The zero-order valence-corrected chi connectivity index (χ0v) is 33.2. The highest BCUT2D eigenvalue weighted by Gasteiger charge is 2.36. The van der Waals surface area contributed by atoms with Gasteiger partial charge in [-0.3, -0.25) is 0 Å². The van der Waals surface area contributed by atoms with Gasteiger partial charge in [-0.15, -0.1) is 11.3 Å². The maximum absolute atomic E-state index is 2.48. The van der Waals surface area contributed by atoms with Crippen LogP contribution in [0.1, 0.15) is 25.0 Å². The minimum atomic E-state index is -0.0182. The number of hydrogen-bond donors (Lipinski definition) is 0. The van der Waals surface area contributed by atoms with Crippen molar-refractivity contribution in [1.82, 2.24) is 0 Å². The first-order valence-corrected chi connectivity index (χ1v) is 21.1. The molecule has 1 aliphatic carbocycles. The summed E-state index contributed by atoms with van der Waals surface area (Å²) in [5.74, 6) is 0. The summed E-state index contributed by atoms with van der Waals surface area (Å²) in [6, 6.07) is 72.4. The molecule has 0 fully saturated rings. The molecule has 0 unspecified atom stereocenters. The summed E-state index contributed by atoms with van der Waals surface area (Å²) < 4.78 is 2.70. The van der Waals surface area contributed by atoms with Crippen molar-refractivity contribution in [2.75, 3.05) is 0 Å². The van der Waals surface area contributed by atoms with Gasteiger partial charge in [0, 0.05) is 25.6 Å². The molecule has 12 rings (SSSR count). The maximum Gasteiger partial charge on any atom is 0.0368 e. The minimum absolute atomic E-state index is 0.0182. The Kier molecular flexibility index (Phi) is 7.25. The third-order valence-electron chi connectivity index (χ3n) is 12.9. The van der Waals surface area contributed by atoms with Gasteiger partial charge in [0.25, 0.3) is 0 Å². The van der Waals surface area contributed by atoms with Crippen LogP contribution < -0.4 is 0 Å². The third kappa shape index (κ3) is 4.87. The van der Waals surface area contributed by atoms with Crippen LogP contribution in [-0.2, 0) is 5.41 Å². The molecular weight excluding hydrogens is 717 g/mol. The first kappa shape index (κ1) is 33.4. The van der Waals surface area contributed by atoms with Crippen molar-refractivity contribution >= 4 is 63.8 Å². The molecule has 1 heteroatoms. The Morgan fingerprint density at radius 3 is 1.57 bits per heavy atom. The normalized spacial score (nSPS) is 13.1. The summed E-state index contributed by atoms with van der Waals surface area (Å²) in [5.41, 5.74) is 15.6. The van der Waals surface area contributed by atoms with Crippen LogP contribution in [0.3, 0.4) is 0 Å². The smallest absolute Gasteiger partial charge is 0.0368 e. The fraction of sp³-hybridized carbons (Fsp3) is 0.0526. The molecule has 10 aromatic carbocycles. The van der Waals surface area contributed by atoms with Crippen molar-refractivity contribution < 1.29 is 0 Å². The van der Waals surface area contributed by atoms with Crippen LogP contribution in [0.25, 0.3) is 108 Å². The molecule has 0 radical (unpaired) electrons. The van der Waals surface area contributed by atoms with Crippen LogP contribution in [0.2, 0.25) is 0 Å². The standard InChI is InChI=1S/C57H38S/c1-57(2)50-26-13-12-20-41(50)48-32-49-52(34-51(48)57)58-53-33-47(40-19-6-7-21-42(40)56(49)53)36-27-29-37(30-28-36)54-43-22-8-10-24-45(43)55(46-25-11-9-23-44(46)54)39-18-14-17-38(31-39)35-15-4-3-5-16-35/h3-34H,1-2H3. The molecule has 0 saturated heterocycles. The van der Waals surface area contributed by atoms with Gasteiger partial charge < -0.3 is 0 Å². The quantitative estimate of drug-likeness (QED) is 0.157. The van der Waals surface area contributed by atoms with Crippen LogP contribution in [0.15, 0.2) is 194 Å². The lowest BCUT2D eigenvalue weighted by molar-refractivity contribution is 0.661. The monoisotopic (exact) mass is 754 g/mol. The number of rotatable bonds is 4. The van der Waals surface area contributed by atoms with Gasteiger partial charge in [-0.05, 0) is 123 Å². The Morgan fingerprint density at radius 1 is 0.310 bits per heavy atom. The second kappa shape index (κ2) is 12.6.